The van der Waals surface area contributed by atoms with Gasteiger partial charge in [0, 0.05) is 12.6 Å². The van der Waals surface area contributed by atoms with Crippen molar-refractivity contribution in [2.75, 3.05) is 13.2 Å². The number of aliphatic carboxylic acids is 1. The molecular weight excluding hydrogens is 272 g/mol. The van der Waals surface area contributed by atoms with Gasteiger partial charge in [-0.25, -0.2) is 4.79 Å². The van der Waals surface area contributed by atoms with Gasteiger partial charge in [-0.05, 0) is 25.7 Å². The molecule has 3 atom stereocenters. The van der Waals surface area contributed by atoms with Crippen molar-refractivity contribution in [1.82, 2.24) is 10.2 Å². The van der Waals surface area contributed by atoms with Crippen molar-refractivity contribution in [1.29, 1.82) is 0 Å². The lowest BCUT2D eigenvalue weighted by molar-refractivity contribution is -0.137. The molecule has 1 aliphatic heterocycles. The Balaban J connectivity index is 2.67. The SMILES string of the molecule is CC1CN(C(=O)NC(CC(=O)O)CC(C)(C)C)C(C)CO1. The van der Waals surface area contributed by atoms with Gasteiger partial charge < -0.3 is 20.1 Å². The lowest BCUT2D eigenvalue weighted by atomic mass is 9.87. The molecule has 0 bridgehead atoms. The normalized spacial score (nSPS) is 24.5. The minimum absolute atomic E-state index is 0.00122. The summed E-state index contributed by atoms with van der Waals surface area (Å²) in [6, 6.07) is -0.560. The molecule has 1 rings (SSSR count). The number of rotatable bonds is 4. The molecule has 0 saturated carbocycles. The molecule has 6 heteroatoms. The van der Waals surface area contributed by atoms with Crippen LogP contribution < -0.4 is 5.32 Å². The Bertz CT molecular complexity index is 378. The number of nitrogens with one attached hydrogen (secondary N) is 1. The van der Waals surface area contributed by atoms with E-state index in [4.69, 9.17) is 9.84 Å². The van der Waals surface area contributed by atoms with Crippen molar-refractivity contribution in [2.24, 2.45) is 5.41 Å². The van der Waals surface area contributed by atoms with E-state index in [2.05, 4.69) is 5.32 Å². The van der Waals surface area contributed by atoms with E-state index in [1.54, 1.807) is 4.90 Å². The summed E-state index contributed by atoms with van der Waals surface area (Å²) in [6.45, 7) is 11.0. The van der Waals surface area contributed by atoms with Gasteiger partial charge in [0.05, 0.1) is 25.2 Å². The van der Waals surface area contributed by atoms with Gasteiger partial charge in [0.2, 0.25) is 0 Å². The van der Waals surface area contributed by atoms with E-state index in [0.29, 0.717) is 19.6 Å². The average molecular weight is 300 g/mol. The summed E-state index contributed by atoms with van der Waals surface area (Å²) in [7, 11) is 0. The van der Waals surface area contributed by atoms with Crippen LogP contribution in [0.15, 0.2) is 0 Å². The van der Waals surface area contributed by atoms with Crippen LogP contribution in [-0.2, 0) is 9.53 Å². The molecule has 122 valence electrons. The Morgan fingerprint density at radius 1 is 1.38 bits per heavy atom. The fraction of sp³-hybridized carbons (Fsp3) is 0.867. The van der Waals surface area contributed by atoms with E-state index >= 15 is 0 Å². The Labute approximate surface area is 126 Å². The van der Waals surface area contributed by atoms with Crippen molar-refractivity contribution in [3.8, 4) is 0 Å². The third kappa shape index (κ3) is 6.33. The van der Waals surface area contributed by atoms with Crippen molar-refractivity contribution >= 4 is 12.0 Å². The summed E-state index contributed by atoms with van der Waals surface area (Å²) in [5, 5.41) is 11.9. The lowest BCUT2D eigenvalue weighted by Gasteiger charge is -2.38. The first kappa shape index (κ1) is 17.8. The Kier molecular flexibility index (Phi) is 6.01. The topological polar surface area (TPSA) is 78.9 Å². The number of carbonyl (C=O) groups excluding carboxylic acids is 1. The molecule has 0 aliphatic carbocycles. The minimum atomic E-state index is -0.895. The van der Waals surface area contributed by atoms with Crippen molar-refractivity contribution in [2.45, 2.75) is 65.6 Å². The number of amides is 2. The summed E-state index contributed by atoms with van der Waals surface area (Å²) >= 11 is 0. The summed E-state index contributed by atoms with van der Waals surface area (Å²) in [5.74, 6) is -0.895. The predicted octanol–water partition coefficient (Wildman–Crippen LogP) is 2.08. The molecule has 1 aliphatic rings. The maximum atomic E-state index is 12.4. The van der Waals surface area contributed by atoms with E-state index in [1.807, 2.05) is 34.6 Å². The summed E-state index contributed by atoms with van der Waals surface area (Å²) < 4.78 is 5.50. The molecule has 3 unspecified atom stereocenters. The number of urea groups is 1. The second-order valence-electron chi connectivity index (χ2n) is 7.15. The van der Waals surface area contributed by atoms with Gasteiger partial charge in [-0.3, -0.25) is 4.79 Å². The first-order chi connectivity index (χ1) is 9.58. The predicted molar refractivity (Wildman–Crippen MR) is 80.2 cm³/mol. The Morgan fingerprint density at radius 3 is 2.52 bits per heavy atom. The fourth-order valence-electron chi connectivity index (χ4n) is 2.57. The number of hydrogen-bond acceptors (Lipinski definition) is 3. The second kappa shape index (κ2) is 7.11. The molecule has 0 aromatic carbocycles. The fourth-order valence-corrected chi connectivity index (χ4v) is 2.57. The molecule has 0 spiro atoms. The summed E-state index contributed by atoms with van der Waals surface area (Å²) in [4.78, 5) is 25.1. The molecule has 0 radical (unpaired) electrons. The Hall–Kier alpha value is -1.30. The monoisotopic (exact) mass is 300 g/mol. The zero-order valence-electron chi connectivity index (χ0n) is 13.7. The van der Waals surface area contributed by atoms with Crippen LogP contribution in [0.2, 0.25) is 0 Å². The quantitative estimate of drug-likeness (QED) is 0.833. The highest BCUT2D eigenvalue weighted by atomic mass is 16.5. The van der Waals surface area contributed by atoms with Crippen molar-refractivity contribution < 1.29 is 19.4 Å². The zero-order chi connectivity index (χ0) is 16.2. The minimum Gasteiger partial charge on any atom is -0.481 e. The first-order valence-corrected chi connectivity index (χ1v) is 7.49. The molecule has 1 fully saturated rings. The van der Waals surface area contributed by atoms with Crippen molar-refractivity contribution in [3.05, 3.63) is 0 Å². The third-order valence-corrected chi connectivity index (χ3v) is 3.48. The Morgan fingerprint density at radius 2 is 2.00 bits per heavy atom. The van der Waals surface area contributed by atoms with Crippen LogP contribution in [0.4, 0.5) is 4.79 Å². The highest BCUT2D eigenvalue weighted by molar-refractivity contribution is 5.76. The number of hydrogen-bond donors (Lipinski definition) is 2. The van der Waals surface area contributed by atoms with Gasteiger partial charge >= 0.3 is 12.0 Å². The largest absolute Gasteiger partial charge is 0.481 e. The van der Waals surface area contributed by atoms with Crippen LogP contribution in [-0.4, -0.2) is 53.3 Å². The molecule has 1 heterocycles. The lowest BCUT2D eigenvalue weighted by Crippen LogP contribution is -2.55. The second-order valence-corrected chi connectivity index (χ2v) is 7.15. The molecule has 0 aromatic rings. The van der Waals surface area contributed by atoms with Gasteiger partial charge in [0.1, 0.15) is 0 Å². The van der Waals surface area contributed by atoms with E-state index in [9.17, 15) is 9.59 Å². The molecule has 21 heavy (non-hydrogen) atoms. The molecule has 0 aromatic heterocycles. The molecule has 1 saturated heterocycles. The summed E-state index contributed by atoms with van der Waals surface area (Å²) in [6.07, 6.45) is 0.573. The van der Waals surface area contributed by atoms with Crippen LogP contribution in [0.3, 0.4) is 0 Å². The van der Waals surface area contributed by atoms with Crippen LogP contribution in [0.5, 0.6) is 0 Å². The smallest absolute Gasteiger partial charge is 0.318 e. The molecule has 2 amide bonds. The highest BCUT2D eigenvalue weighted by Gasteiger charge is 2.30. The van der Waals surface area contributed by atoms with Gasteiger partial charge in [-0.1, -0.05) is 20.8 Å². The van der Waals surface area contributed by atoms with Gasteiger partial charge in [-0.2, -0.15) is 0 Å². The summed E-state index contributed by atoms with van der Waals surface area (Å²) in [5.41, 5.74) is -0.0443. The number of nitrogens with zero attached hydrogens (tertiary/aromatic N) is 1. The van der Waals surface area contributed by atoms with Crippen LogP contribution in [0.1, 0.15) is 47.5 Å². The van der Waals surface area contributed by atoms with E-state index in [-0.39, 0.29) is 36.1 Å². The van der Waals surface area contributed by atoms with E-state index in [0.717, 1.165) is 0 Å². The number of ether oxygens (including phenoxy) is 1. The maximum absolute atomic E-state index is 12.4. The van der Waals surface area contributed by atoms with Gasteiger partial charge in [0.15, 0.2) is 0 Å². The van der Waals surface area contributed by atoms with Crippen LogP contribution in [0.25, 0.3) is 0 Å². The third-order valence-electron chi connectivity index (χ3n) is 3.48. The average Bonchev–Trinajstić information content (AvgIpc) is 2.28. The molecule has 2 N–H and O–H groups in total. The molecule has 6 nitrogen and oxygen atoms in total. The number of carbonyl (C=O) groups is 2. The highest BCUT2D eigenvalue weighted by Crippen LogP contribution is 2.22. The number of carboxylic acid groups (broad SMARTS) is 1. The number of carboxylic acids is 1. The standard InChI is InChI=1S/C15H28N2O4/c1-10-9-21-11(2)8-17(10)14(20)16-12(6-13(18)19)7-15(3,4)5/h10-12H,6-9H2,1-5H3,(H,16,20)(H,18,19). The number of morpholine rings is 1. The van der Waals surface area contributed by atoms with E-state index < -0.39 is 5.97 Å². The van der Waals surface area contributed by atoms with Gasteiger partial charge in [-0.15, -0.1) is 0 Å². The van der Waals surface area contributed by atoms with Crippen molar-refractivity contribution in [3.63, 3.8) is 0 Å². The zero-order valence-corrected chi connectivity index (χ0v) is 13.7. The van der Waals surface area contributed by atoms with Gasteiger partial charge in [0.25, 0.3) is 0 Å². The maximum Gasteiger partial charge on any atom is 0.318 e. The van der Waals surface area contributed by atoms with Crippen LogP contribution in [0, 0.1) is 5.41 Å². The van der Waals surface area contributed by atoms with E-state index in [1.165, 1.54) is 0 Å². The molecular formula is C15H28N2O4. The first-order valence-electron chi connectivity index (χ1n) is 7.49. The van der Waals surface area contributed by atoms with Crippen LogP contribution >= 0.6 is 0 Å².